The predicted octanol–water partition coefficient (Wildman–Crippen LogP) is 3.47. The normalized spacial score (nSPS) is 19.0. The number of nitrogens with one attached hydrogen (secondary N) is 1. The molecule has 0 atom stereocenters. The lowest BCUT2D eigenvalue weighted by Crippen LogP contribution is -2.48. The summed E-state index contributed by atoms with van der Waals surface area (Å²) in [6.45, 7) is 2.15. The van der Waals surface area contributed by atoms with E-state index in [1.807, 2.05) is 24.4 Å². The smallest absolute Gasteiger partial charge is 0.244 e. The number of nitrogens with two attached hydrogens (primary N) is 1. The summed E-state index contributed by atoms with van der Waals surface area (Å²) in [5, 5.41) is 4.05. The van der Waals surface area contributed by atoms with Crippen molar-refractivity contribution in [2.45, 2.75) is 44.1 Å². The second-order valence-electron chi connectivity index (χ2n) is 7.04. The first-order valence-corrected chi connectivity index (χ1v) is 8.90. The van der Waals surface area contributed by atoms with Gasteiger partial charge < -0.3 is 16.0 Å². The molecular weight excluding hydrogens is 336 g/mol. The number of carbonyl (C=O) groups excluding carboxylic acids is 1. The van der Waals surface area contributed by atoms with Gasteiger partial charge in [0.15, 0.2) is 0 Å². The highest BCUT2D eigenvalue weighted by atomic mass is 35.5. The number of fused-ring (bicyclic) bond motifs is 1. The van der Waals surface area contributed by atoms with Crippen LogP contribution in [0.3, 0.4) is 0 Å². The van der Waals surface area contributed by atoms with Gasteiger partial charge in [-0.3, -0.25) is 9.78 Å². The molecule has 0 unspecified atom stereocenters. The summed E-state index contributed by atoms with van der Waals surface area (Å²) in [5.41, 5.74) is 8.49. The van der Waals surface area contributed by atoms with Crippen LogP contribution in [-0.4, -0.2) is 29.5 Å². The summed E-state index contributed by atoms with van der Waals surface area (Å²) in [4.78, 5) is 19.6. The third kappa shape index (κ3) is 3.31. The van der Waals surface area contributed by atoms with Crippen LogP contribution in [0.4, 0.5) is 11.4 Å². The Balaban J connectivity index is 0.00000182. The van der Waals surface area contributed by atoms with E-state index in [0.29, 0.717) is 0 Å². The van der Waals surface area contributed by atoms with Gasteiger partial charge in [-0.1, -0.05) is 12.8 Å². The Morgan fingerprint density at radius 1 is 1.12 bits per heavy atom. The number of rotatable bonds is 3. The molecule has 1 aliphatic heterocycles. The number of carbonyl (C=O) groups is 1. The average molecular weight is 361 g/mol. The molecule has 3 N–H and O–H groups in total. The van der Waals surface area contributed by atoms with Crippen molar-refractivity contribution < 1.29 is 4.79 Å². The Bertz CT molecular complexity index is 767. The molecule has 25 heavy (non-hydrogen) atoms. The molecule has 2 aliphatic rings. The summed E-state index contributed by atoms with van der Waals surface area (Å²) >= 11 is 0. The van der Waals surface area contributed by atoms with Gasteiger partial charge in [0.1, 0.15) is 0 Å². The van der Waals surface area contributed by atoms with Gasteiger partial charge in [-0.05, 0) is 49.9 Å². The van der Waals surface area contributed by atoms with E-state index in [9.17, 15) is 4.79 Å². The van der Waals surface area contributed by atoms with E-state index >= 15 is 0 Å². The topological polar surface area (TPSA) is 71.2 Å². The van der Waals surface area contributed by atoms with Gasteiger partial charge in [0.2, 0.25) is 5.91 Å². The number of nitrogens with zero attached hydrogens (tertiary/aromatic N) is 2. The zero-order chi connectivity index (χ0) is 16.6. The van der Waals surface area contributed by atoms with Crippen molar-refractivity contribution in [1.82, 2.24) is 4.98 Å². The van der Waals surface area contributed by atoms with E-state index in [-0.39, 0.29) is 18.3 Å². The maximum absolute atomic E-state index is 12.7. The summed E-state index contributed by atoms with van der Waals surface area (Å²) in [5.74, 6) is -0.0703. The van der Waals surface area contributed by atoms with E-state index in [2.05, 4.69) is 21.3 Å². The fourth-order valence-electron chi connectivity index (χ4n) is 3.96. The number of hydrogen-bond donors (Lipinski definition) is 2. The van der Waals surface area contributed by atoms with Crippen molar-refractivity contribution in [3.8, 4) is 0 Å². The molecule has 0 bridgehead atoms. The number of halogens is 1. The molecule has 1 amide bonds. The van der Waals surface area contributed by atoms with E-state index in [4.69, 9.17) is 5.73 Å². The van der Waals surface area contributed by atoms with Crippen molar-refractivity contribution in [2.24, 2.45) is 5.73 Å². The first kappa shape index (κ1) is 18.0. The van der Waals surface area contributed by atoms with E-state index < -0.39 is 5.54 Å². The zero-order valence-corrected chi connectivity index (χ0v) is 15.1. The van der Waals surface area contributed by atoms with E-state index in [1.165, 1.54) is 12.8 Å². The number of anilines is 2. The average Bonchev–Trinajstić information content (AvgIpc) is 3.27. The van der Waals surface area contributed by atoms with Crippen molar-refractivity contribution in [3.05, 3.63) is 30.5 Å². The van der Waals surface area contributed by atoms with Gasteiger partial charge in [0, 0.05) is 24.7 Å². The van der Waals surface area contributed by atoms with Crippen molar-refractivity contribution in [3.63, 3.8) is 0 Å². The molecule has 0 radical (unpaired) electrons. The number of benzene rings is 1. The fourth-order valence-corrected chi connectivity index (χ4v) is 3.96. The van der Waals surface area contributed by atoms with Crippen LogP contribution >= 0.6 is 12.4 Å². The molecule has 2 heterocycles. The molecule has 1 aliphatic carbocycles. The second-order valence-corrected chi connectivity index (χ2v) is 7.04. The molecule has 1 saturated heterocycles. The minimum atomic E-state index is -0.720. The highest BCUT2D eigenvalue weighted by Gasteiger charge is 2.37. The second kappa shape index (κ2) is 7.18. The molecule has 5 nitrogen and oxygen atoms in total. The number of aromatic nitrogens is 1. The van der Waals surface area contributed by atoms with E-state index in [0.717, 1.165) is 61.1 Å². The van der Waals surface area contributed by atoms with Crippen LogP contribution in [0.1, 0.15) is 38.5 Å². The van der Waals surface area contributed by atoms with Crippen LogP contribution in [0.5, 0.6) is 0 Å². The lowest BCUT2D eigenvalue weighted by Gasteiger charge is -2.24. The third-order valence-electron chi connectivity index (χ3n) is 5.39. The molecule has 134 valence electrons. The monoisotopic (exact) mass is 360 g/mol. The summed E-state index contributed by atoms with van der Waals surface area (Å²) in [6.07, 6.45) is 7.85. The fraction of sp³-hybridized carbons (Fsp3) is 0.474. The lowest BCUT2D eigenvalue weighted by molar-refractivity contribution is -0.120. The highest BCUT2D eigenvalue weighted by Crippen LogP contribution is 2.34. The minimum absolute atomic E-state index is 0. The summed E-state index contributed by atoms with van der Waals surface area (Å²) in [6, 6.07) is 8.01. The lowest BCUT2D eigenvalue weighted by atomic mass is 9.97. The van der Waals surface area contributed by atoms with Crippen molar-refractivity contribution in [1.29, 1.82) is 0 Å². The van der Waals surface area contributed by atoms with Gasteiger partial charge in [0.05, 0.1) is 22.4 Å². The Labute approximate surface area is 154 Å². The molecule has 4 rings (SSSR count). The zero-order valence-electron chi connectivity index (χ0n) is 14.3. The number of hydrogen-bond acceptors (Lipinski definition) is 4. The van der Waals surface area contributed by atoms with Crippen molar-refractivity contribution >= 4 is 40.6 Å². The maximum Gasteiger partial charge on any atom is 0.244 e. The van der Waals surface area contributed by atoms with Crippen LogP contribution in [0.2, 0.25) is 0 Å². The van der Waals surface area contributed by atoms with Gasteiger partial charge in [-0.25, -0.2) is 0 Å². The Hall–Kier alpha value is -1.85. The van der Waals surface area contributed by atoms with E-state index in [1.54, 1.807) is 0 Å². The molecule has 6 heteroatoms. The Kier molecular flexibility index (Phi) is 5.16. The molecule has 1 aromatic heterocycles. The van der Waals surface area contributed by atoms with Gasteiger partial charge >= 0.3 is 0 Å². The number of amides is 1. The first-order valence-electron chi connectivity index (χ1n) is 8.90. The van der Waals surface area contributed by atoms with Crippen LogP contribution in [0.15, 0.2) is 30.5 Å². The first-order chi connectivity index (χ1) is 11.7. The standard InChI is InChI=1S/C19H24N4O.ClH/c20-19(9-1-2-10-19)18(24)22-15-7-8-16(23-12-3-4-13-23)17-14(15)6-5-11-21-17;/h5-8,11H,1-4,9-10,12-13,20H2,(H,22,24);1H. The van der Waals surface area contributed by atoms with Gasteiger partial charge in [0.25, 0.3) is 0 Å². The summed E-state index contributed by atoms with van der Waals surface area (Å²) < 4.78 is 0. The molecule has 1 aromatic carbocycles. The minimum Gasteiger partial charge on any atom is -0.370 e. The third-order valence-corrected chi connectivity index (χ3v) is 5.39. The maximum atomic E-state index is 12.7. The van der Waals surface area contributed by atoms with Crippen LogP contribution < -0.4 is 16.0 Å². The number of pyridine rings is 1. The largest absolute Gasteiger partial charge is 0.370 e. The summed E-state index contributed by atoms with van der Waals surface area (Å²) in [7, 11) is 0. The molecule has 2 fully saturated rings. The van der Waals surface area contributed by atoms with Crippen LogP contribution in [0, 0.1) is 0 Å². The van der Waals surface area contributed by atoms with Crippen molar-refractivity contribution in [2.75, 3.05) is 23.3 Å². The Morgan fingerprint density at radius 3 is 2.56 bits per heavy atom. The molecule has 0 spiro atoms. The molecular formula is C19H25ClN4O. The predicted molar refractivity (Wildman–Crippen MR) is 104 cm³/mol. The quantitative estimate of drug-likeness (QED) is 0.879. The van der Waals surface area contributed by atoms with Gasteiger partial charge in [-0.2, -0.15) is 0 Å². The van der Waals surface area contributed by atoms with Crippen LogP contribution in [-0.2, 0) is 4.79 Å². The highest BCUT2D eigenvalue weighted by molar-refractivity contribution is 6.07. The molecule has 1 saturated carbocycles. The SMILES string of the molecule is Cl.NC1(C(=O)Nc2ccc(N3CCCC3)c3ncccc23)CCCC1. The Morgan fingerprint density at radius 2 is 1.84 bits per heavy atom. The van der Waals surface area contributed by atoms with Gasteiger partial charge in [-0.15, -0.1) is 12.4 Å². The van der Waals surface area contributed by atoms with Crippen LogP contribution in [0.25, 0.3) is 10.9 Å². The molecule has 2 aromatic rings.